The number of guanidine groups is 1. The monoisotopic (exact) mass is 420 g/mol. The summed E-state index contributed by atoms with van der Waals surface area (Å²) in [5.41, 5.74) is 5.62. The van der Waals surface area contributed by atoms with Crippen molar-refractivity contribution >= 4 is 29.9 Å². The Bertz CT molecular complexity index is 821. The fourth-order valence-corrected chi connectivity index (χ4v) is 3.52. The number of ether oxygens (including phenoxy) is 1. The predicted octanol–water partition coefficient (Wildman–Crippen LogP) is -0.275. The van der Waals surface area contributed by atoms with Crippen molar-refractivity contribution in [3.63, 3.8) is 0 Å². The lowest BCUT2D eigenvalue weighted by molar-refractivity contribution is -0.135. The van der Waals surface area contributed by atoms with E-state index in [1.165, 1.54) is 6.07 Å². The van der Waals surface area contributed by atoms with Crippen LogP contribution in [0.5, 0.6) is 0 Å². The predicted molar refractivity (Wildman–Crippen MR) is 106 cm³/mol. The van der Waals surface area contributed by atoms with Crippen LogP contribution in [0.15, 0.2) is 18.2 Å². The molecule has 2 aliphatic rings. The number of aldehydes is 1. The first-order chi connectivity index (χ1) is 14.4. The van der Waals surface area contributed by atoms with Gasteiger partial charge in [0.05, 0.1) is 12.2 Å². The van der Waals surface area contributed by atoms with Crippen LogP contribution < -0.4 is 16.0 Å². The summed E-state index contributed by atoms with van der Waals surface area (Å²) in [7, 11) is 0. The van der Waals surface area contributed by atoms with Gasteiger partial charge in [-0.1, -0.05) is 12.1 Å². The largest absolute Gasteiger partial charge is 0.444 e. The standard InChI is InChI=1S/C19H25FN6O4/c20-17-14(12-30-19(29)23-18(21)22)2-1-3-15(17)25-4-6-26(7-5-25)16(28)10-24-8-13(9-24)11-27/h1-3,11,13H,4-10,12H2,(H4,21,22,23,29). The fourth-order valence-electron chi connectivity index (χ4n) is 3.52. The number of carbonyl (C=O) groups excluding carboxylic acids is 3. The van der Waals surface area contributed by atoms with Crippen LogP contribution in [0.2, 0.25) is 0 Å². The van der Waals surface area contributed by atoms with Crippen molar-refractivity contribution in [1.82, 2.24) is 15.1 Å². The van der Waals surface area contributed by atoms with Gasteiger partial charge in [-0.15, -0.1) is 0 Å². The van der Waals surface area contributed by atoms with Gasteiger partial charge in [-0.05, 0) is 6.07 Å². The van der Waals surface area contributed by atoms with E-state index in [1.54, 1.807) is 17.0 Å². The molecule has 0 aromatic heterocycles. The smallest absolute Gasteiger partial charge is 0.414 e. The Balaban J connectivity index is 1.51. The van der Waals surface area contributed by atoms with Gasteiger partial charge in [0, 0.05) is 50.7 Å². The van der Waals surface area contributed by atoms with Crippen molar-refractivity contribution in [2.75, 3.05) is 50.7 Å². The first-order valence-electron chi connectivity index (χ1n) is 9.63. The first-order valence-corrected chi connectivity index (χ1v) is 9.63. The highest BCUT2D eigenvalue weighted by molar-refractivity contribution is 5.90. The molecule has 2 aliphatic heterocycles. The number of hydrogen-bond acceptors (Lipinski definition) is 7. The van der Waals surface area contributed by atoms with Crippen molar-refractivity contribution in [3.8, 4) is 0 Å². The third-order valence-electron chi connectivity index (χ3n) is 5.16. The fraction of sp³-hybridized carbons (Fsp3) is 0.474. The summed E-state index contributed by atoms with van der Waals surface area (Å²) in [6, 6.07) is 4.83. The molecule has 4 N–H and O–H groups in total. The SMILES string of the molecule is N=C(N)NC(=O)OCc1cccc(N2CCN(C(=O)CN3CC(C=O)C3)CC2)c1F. The van der Waals surface area contributed by atoms with Crippen LogP contribution in [-0.4, -0.2) is 79.9 Å². The number of likely N-dealkylation sites (tertiary alicyclic amines) is 1. The molecule has 1 aromatic carbocycles. The van der Waals surface area contributed by atoms with Crippen LogP contribution in [0.25, 0.3) is 0 Å². The second kappa shape index (κ2) is 9.53. The Morgan fingerprint density at radius 3 is 2.60 bits per heavy atom. The Morgan fingerprint density at radius 2 is 1.97 bits per heavy atom. The number of anilines is 1. The van der Waals surface area contributed by atoms with Gasteiger partial charge in [0.1, 0.15) is 12.9 Å². The van der Waals surface area contributed by atoms with E-state index in [0.29, 0.717) is 51.5 Å². The number of amides is 2. The number of carbonyl (C=O) groups is 3. The number of piperazine rings is 1. The number of nitrogens with one attached hydrogen (secondary N) is 2. The molecular weight excluding hydrogens is 395 g/mol. The highest BCUT2D eigenvalue weighted by Gasteiger charge is 2.30. The highest BCUT2D eigenvalue weighted by Crippen LogP contribution is 2.24. The zero-order valence-electron chi connectivity index (χ0n) is 16.5. The number of nitrogens with two attached hydrogens (primary N) is 1. The first kappa shape index (κ1) is 21.5. The summed E-state index contributed by atoms with van der Waals surface area (Å²) in [6.45, 7) is 3.17. The maximum atomic E-state index is 14.9. The number of benzene rings is 1. The molecule has 10 nitrogen and oxygen atoms in total. The molecule has 2 amide bonds. The van der Waals surface area contributed by atoms with E-state index in [2.05, 4.69) is 0 Å². The van der Waals surface area contributed by atoms with Gasteiger partial charge >= 0.3 is 6.09 Å². The van der Waals surface area contributed by atoms with Gasteiger partial charge in [-0.25, -0.2) is 9.18 Å². The normalized spacial score (nSPS) is 17.2. The van der Waals surface area contributed by atoms with E-state index in [0.717, 1.165) is 6.29 Å². The van der Waals surface area contributed by atoms with Gasteiger partial charge < -0.3 is 25.1 Å². The molecule has 0 spiro atoms. The summed E-state index contributed by atoms with van der Waals surface area (Å²) in [6.07, 6.45) is -0.00970. The van der Waals surface area contributed by atoms with E-state index < -0.39 is 17.9 Å². The van der Waals surface area contributed by atoms with Crippen molar-refractivity contribution < 1.29 is 23.5 Å². The van der Waals surface area contributed by atoms with Gasteiger partial charge in [-0.2, -0.15) is 0 Å². The lowest BCUT2D eigenvalue weighted by Gasteiger charge is -2.40. The molecule has 162 valence electrons. The van der Waals surface area contributed by atoms with Crippen LogP contribution in [0.4, 0.5) is 14.9 Å². The van der Waals surface area contributed by atoms with Gasteiger partial charge in [0.25, 0.3) is 0 Å². The maximum absolute atomic E-state index is 14.9. The second-order valence-electron chi connectivity index (χ2n) is 7.32. The van der Waals surface area contributed by atoms with Crippen LogP contribution in [0, 0.1) is 17.1 Å². The Morgan fingerprint density at radius 1 is 1.27 bits per heavy atom. The average molecular weight is 420 g/mol. The Kier molecular flexibility index (Phi) is 6.83. The Hall–Kier alpha value is -3.21. The van der Waals surface area contributed by atoms with Gasteiger partial charge in [-0.3, -0.25) is 20.4 Å². The third-order valence-corrected chi connectivity index (χ3v) is 5.16. The van der Waals surface area contributed by atoms with Crippen LogP contribution in [-0.2, 0) is 20.9 Å². The van der Waals surface area contributed by atoms with E-state index in [9.17, 15) is 18.8 Å². The van der Waals surface area contributed by atoms with Crippen molar-refractivity contribution in [3.05, 3.63) is 29.6 Å². The summed E-state index contributed by atoms with van der Waals surface area (Å²) >= 11 is 0. The summed E-state index contributed by atoms with van der Waals surface area (Å²) in [5.74, 6) is -1.01. The molecule has 0 atom stereocenters. The summed E-state index contributed by atoms with van der Waals surface area (Å²) in [5, 5.41) is 8.94. The topological polar surface area (TPSA) is 132 Å². The number of alkyl carbamates (subject to hydrolysis) is 1. The summed E-state index contributed by atoms with van der Waals surface area (Å²) < 4.78 is 19.8. The highest BCUT2D eigenvalue weighted by atomic mass is 19.1. The molecule has 0 aliphatic carbocycles. The minimum atomic E-state index is -0.930. The lowest BCUT2D eigenvalue weighted by atomic mass is 10.0. The van der Waals surface area contributed by atoms with Crippen molar-refractivity contribution in [1.29, 1.82) is 5.41 Å². The summed E-state index contributed by atoms with van der Waals surface area (Å²) in [4.78, 5) is 40.0. The number of halogens is 1. The molecule has 1 aromatic rings. The lowest BCUT2D eigenvalue weighted by Crippen LogP contribution is -2.55. The average Bonchev–Trinajstić information content (AvgIpc) is 2.69. The number of hydrogen-bond donors (Lipinski definition) is 3. The minimum absolute atomic E-state index is 0.0121. The van der Waals surface area contributed by atoms with E-state index in [4.69, 9.17) is 15.9 Å². The van der Waals surface area contributed by atoms with E-state index in [1.807, 2.05) is 15.1 Å². The maximum Gasteiger partial charge on any atom is 0.414 e. The minimum Gasteiger partial charge on any atom is -0.444 e. The van der Waals surface area contributed by atoms with Crippen LogP contribution in [0.1, 0.15) is 5.56 Å². The third kappa shape index (κ3) is 5.23. The molecule has 0 unspecified atom stereocenters. The zero-order chi connectivity index (χ0) is 21.7. The molecular formula is C19H25FN6O4. The molecule has 0 saturated carbocycles. The molecule has 0 bridgehead atoms. The molecule has 2 saturated heterocycles. The van der Waals surface area contributed by atoms with Gasteiger partial charge in [0.2, 0.25) is 5.91 Å². The van der Waals surface area contributed by atoms with Crippen LogP contribution in [0.3, 0.4) is 0 Å². The molecule has 2 fully saturated rings. The zero-order valence-corrected chi connectivity index (χ0v) is 16.5. The van der Waals surface area contributed by atoms with Crippen molar-refractivity contribution in [2.45, 2.75) is 6.61 Å². The van der Waals surface area contributed by atoms with E-state index in [-0.39, 0.29) is 24.0 Å². The molecule has 3 rings (SSSR count). The van der Waals surface area contributed by atoms with E-state index >= 15 is 0 Å². The van der Waals surface area contributed by atoms with Crippen molar-refractivity contribution in [2.24, 2.45) is 11.7 Å². The van der Waals surface area contributed by atoms with Crippen LogP contribution >= 0.6 is 0 Å². The second-order valence-corrected chi connectivity index (χ2v) is 7.32. The molecule has 2 heterocycles. The molecule has 11 heteroatoms. The quantitative estimate of drug-likeness (QED) is 0.328. The Labute approximate surface area is 173 Å². The number of rotatable bonds is 6. The molecule has 30 heavy (non-hydrogen) atoms. The number of nitrogens with zero attached hydrogens (tertiary/aromatic N) is 3. The van der Waals surface area contributed by atoms with Gasteiger partial charge in [0.15, 0.2) is 11.8 Å². The molecule has 0 radical (unpaired) electrons.